The molecule has 3 aromatic rings. The number of H-pyrrole nitrogens is 1. The monoisotopic (exact) mass is 241 g/mol. The molecule has 0 bridgehead atoms. The summed E-state index contributed by atoms with van der Waals surface area (Å²) < 4.78 is 0. The van der Waals surface area contributed by atoms with Crippen molar-refractivity contribution in [3.05, 3.63) is 24.4 Å². The van der Waals surface area contributed by atoms with Gasteiger partial charge < -0.3 is 11.1 Å². The molecule has 0 fully saturated rings. The quantitative estimate of drug-likeness (QED) is 0.619. The van der Waals surface area contributed by atoms with Crippen LogP contribution in [0, 0.1) is 0 Å². The molecule has 3 rings (SSSR count). The number of nitrogens with one attached hydrogen (secondary N) is 2. The Bertz CT molecular complexity index is 703. The highest BCUT2D eigenvalue weighted by molar-refractivity contribution is 5.82. The van der Waals surface area contributed by atoms with Crippen LogP contribution < -0.4 is 11.1 Å². The number of hydrogen-bond donors (Lipinski definition) is 3. The molecule has 0 atom stereocenters. The van der Waals surface area contributed by atoms with E-state index < -0.39 is 0 Å². The molecule has 18 heavy (non-hydrogen) atoms. The molecule has 2 aromatic heterocycles. The summed E-state index contributed by atoms with van der Waals surface area (Å²) in [5.74, 6) is 1.18. The highest BCUT2D eigenvalue weighted by Gasteiger charge is 2.07. The van der Waals surface area contributed by atoms with E-state index in [0.29, 0.717) is 11.8 Å². The number of aromatic nitrogens is 5. The van der Waals surface area contributed by atoms with Gasteiger partial charge in [-0.15, -0.1) is 0 Å². The molecule has 0 radical (unpaired) electrons. The van der Waals surface area contributed by atoms with Crippen LogP contribution in [0.1, 0.15) is 0 Å². The van der Waals surface area contributed by atoms with Gasteiger partial charge in [0.2, 0.25) is 11.9 Å². The normalized spacial score (nSPS) is 10.7. The molecule has 0 saturated carbocycles. The number of nitrogen functional groups attached to an aromatic ring is 1. The van der Waals surface area contributed by atoms with Crippen molar-refractivity contribution >= 4 is 22.8 Å². The standard InChI is InChI=1S/C11H11N7/c1-13-11-16-9(15-10(12)17-11)6-2-3-8-7(4-6)5-14-18-8/h2-5H,1H3,(H,14,18)(H3,12,13,15,16,17). The molecule has 0 aliphatic rings. The minimum absolute atomic E-state index is 0.191. The van der Waals surface area contributed by atoms with Gasteiger partial charge in [0.05, 0.1) is 11.7 Å². The number of fused-ring (bicyclic) bond motifs is 1. The van der Waals surface area contributed by atoms with E-state index in [1.807, 2.05) is 18.2 Å². The van der Waals surface area contributed by atoms with Crippen LogP contribution in [0.15, 0.2) is 24.4 Å². The highest BCUT2D eigenvalue weighted by atomic mass is 15.2. The zero-order valence-electron chi connectivity index (χ0n) is 9.68. The third kappa shape index (κ3) is 1.71. The van der Waals surface area contributed by atoms with E-state index in [2.05, 4.69) is 30.5 Å². The van der Waals surface area contributed by atoms with Crippen LogP contribution >= 0.6 is 0 Å². The lowest BCUT2D eigenvalue weighted by Gasteiger charge is -2.04. The van der Waals surface area contributed by atoms with E-state index >= 15 is 0 Å². The predicted molar refractivity (Wildman–Crippen MR) is 68.9 cm³/mol. The van der Waals surface area contributed by atoms with Gasteiger partial charge in [-0.05, 0) is 18.2 Å². The maximum absolute atomic E-state index is 5.64. The van der Waals surface area contributed by atoms with E-state index in [-0.39, 0.29) is 5.95 Å². The van der Waals surface area contributed by atoms with Crippen molar-refractivity contribution in [2.24, 2.45) is 0 Å². The number of rotatable bonds is 2. The van der Waals surface area contributed by atoms with Crippen LogP contribution in [0.3, 0.4) is 0 Å². The summed E-state index contributed by atoms with van der Waals surface area (Å²) >= 11 is 0. The summed E-state index contributed by atoms with van der Waals surface area (Å²) in [5.41, 5.74) is 7.48. The van der Waals surface area contributed by atoms with Crippen molar-refractivity contribution in [2.45, 2.75) is 0 Å². The van der Waals surface area contributed by atoms with Crippen LogP contribution in [0.2, 0.25) is 0 Å². The molecule has 0 spiro atoms. The topological polar surface area (TPSA) is 105 Å². The minimum Gasteiger partial charge on any atom is -0.368 e. The van der Waals surface area contributed by atoms with Crippen molar-refractivity contribution in [2.75, 3.05) is 18.1 Å². The fourth-order valence-corrected chi connectivity index (χ4v) is 1.72. The van der Waals surface area contributed by atoms with E-state index in [1.54, 1.807) is 13.2 Å². The fourth-order valence-electron chi connectivity index (χ4n) is 1.72. The van der Waals surface area contributed by atoms with Crippen LogP contribution in [0.25, 0.3) is 22.3 Å². The van der Waals surface area contributed by atoms with Crippen LogP contribution in [-0.4, -0.2) is 32.2 Å². The second-order valence-corrected chi connectivity index (χ2v) is 3.76. The van der Waals surface area contributed by atoms with Crippen molar-refractivity contribution in [1.82, 2.24) is 25.1 Å². The zero-order valence-corrected chi connectivity index (χ0v) is 9.68. The van der Waals surface area contributed by atoms with Gasteiger partial charge in [0, 0.05) is 18.0 Å². The lowest BCUT2D eigenvalue weighted by molar-refractivity contribution is 1.07. The molecular weight excluding hydrogens is 230 g/mol. The first-order valence-corrected chi connectivity index (χ1v) is 5.39. The maximum Gasteiger partial charge on any atom is 0.227 e. The first kappa shape index (κ1) is 10.5. The van der Waals surface area contributed by atoms with E-state index in [9.17, 15) is 0 Å². The number of nitrogens with zero attached hydrogens (tertiary/aromatic N) is 4. The van der Waals surface area contributed by atoms with Crippen molar-refractivity contribution in [1.29, 1.82) is 0 Å². The lowest BCUT2D eigenvalue weighted by atomic mass is 10.1. The molecule has 4 N–H and O–H groups in total. The third-order valence-corrected chi connectivity index (χ3v) is 2.57. The molecule has 0 aliphatic heterocycles. The summed E-state index contributed by atoms with van der Waals surface area (Å²) in [6.07, 6.45) is 1.75. The first-order chi connectivity index (χ1) is 8.76. The second kappa shape index (κ2) is 3.95. The molecule has 0 unspecified atom stereocenters. The maximum atomic E-state index is 5.64. The fraction of sp³-hybridized carbons (Fsp3) is 0.0909. The van der Waals surface area contributed by atoms with E-state index in [0.717, 1.165) is 16.5 Å². The Labute approximate surface area is 102 Å². The van der Waals surface area contributed by atoms with Gasteiger partial charge in [0.15, 0.2) is 5.82 Å². The lowest BCUT2D eigenvalue weighted by Crippen LogP contribution is -2.04. The third-order valence-electron chi connectivity index (χ3n) is 2.57. The Morgan fingerprint density at radius 1 is 1.22 bits per heavy atom. The molecule has 0 saturated heterocycles. The molecule has 90 valence electrons. The summed E-state index contributed by atoms with van der Waals surface area (Å²) in [6.45, 7) is 0. The Morgan fingerprint density at radius 2 is 2.11 bits per heavy atom. The van der Waals surface area contributed by atoms with E-state index in [4.69, 9.17) is 5.73 Å². The summed E-state index contributed by atoms with van der Waals surface area (Å²) in [4.78, 5) is 12.4. The molecule has 0 aliphatic carbocycles. The highest BCUT2D eigenvalue weighted by Crippen LogP contribution is 2.21. The summed E-state index contributed by atoms with van der Waals surface area (Å²) in [7, 11) is 1.73. The number of nitrogens with two attached hydrogens (primary N) is 1. The van der Waals surface area contributed by atoms with Gasteiger partial charge in [-0.1, -0.05) is 0 Å². The predicted octanol–water partition coefficient (Wildman–Crippen LogP) is 1.04. The number of hydrogen-bond acceptors (Lipinski definition) is 6. The molecule has 2 heterocycles. The summed E-state index contributed by atoms with van der Waals surface area (Å²) in [6, 6.07) is 5.79. The molecule has 0 amide bonds. The summed E-state index contributed by atoms with van der Waals surface area (Å²) in [5, 5.41) is 10.7. The number of benzene rings is 1. The van der Waals surface area contributed by atoms with E-state index in [1.165, 1.54) is 0 Å². The molecular formula is C11H11N7. The van der Waals surface area contributed by atoms with Crippen LogP contribution in [0.4, 0.5) is 11.9 Å². The van der Waals surface area contributed by atoms with Crippen LogP contribution in [-0.2, 0) is 0 Å². The van der Waals surface area contributed by atoms with Gasteiger partial charge in [-0.25, -0.2) is 0 Å². The SMILES string of the molecule is CNc1nc(N)nc(-c2ccc3[nH]ncc3c2)n1. The van der Waals surface area contributed by atoms with Gasteiger partial charge in [0.1, 0.15) is 0 Å². The van der Waals surface area contributed by atoms with Gasteiger partial charge in [0.25, 0.3) is 0 Å². The van der Waals surface area contributed by atoms with Crippen molar-refractivity contribution in [3.8, 4) is 11.4 Å². The molecule has 1 aromatic carbocycles. The number of anilines is 2. The molecule has 7 heteroatoms. The zero-order chi connectivity index (χ0) is 12.5. The Morgan fingerprint density at radius 3 is 2.94 bits per heavy atom. The second-order valence-electron chi connectivity index (χ2n) is 3.76. The Hall–Kier alpha value is -2.70. The van der Waals surface area contributed by atoms with Gasteiger partial charge in [-0.3, -0.25) is 5.10 Å². The smallest absolute Gasteiger partial charge is 0.227 e. The average molecular weight is 241 g/mol. The minimum atomic E-state index is 0.191. The average Bonchev–Trinajstić information content (AvgIpc) is 2.85. The number of aromatic amines is 1. The first-order valence-electron chi connectivity index (χ1n) is 5.39. The van der Waals surface area contributed by atoms with Gasteiger partial charge >= 0.3 is 0 Å². The van der Waals surface area contributed by atoms with Crippen LogP contribution in [0.5, 0.6) is 0 Å². The van der Waals surface area contributed by atoms with Crippen molar-refractivity contribution in [3.63, 3.8) is 0 Å². The largest absolute Gasteiger partial charge is 0.368 e. The molecule has 7 nitrogen and oxygen atoms in total. The Kier molecular flexibility index (Phi) is 2.30. The van der Waals surface area contributed by atoms with Crippen molar-refractivity contribution < 1.29 is 0 Å². The Balaban J connectivity index is 2.15. The van der Waals surface area contributed by atoms with Gasteiger partial charge in [-0.2, -0.15) is 20.1 Å².